The fourth-order valence-electron chi connectivity index (χ4n) is 1.94. The second-order valence-electron chi connectivity index (χ2n) is 4.39. The fraction of sp³-hybridized carbons (Fsp3) is 0.188. The summed E-state index contributed by atoms with van der Waals surface area (Å²) in [6.45, 7) is 3.76. The van der Waals surface area contributed by atoms with Crippen molar-refractivity contribution in [2.24, 2.45) is 0 Å². The molecule has 0 spiro atoms. The van der Waals surface area contributed by atoms with Crippen LogP contribution in [-0.2, 0) is 0 Å². The molecule has 0 fully saturated rings. The molecule has 2 rings (SSSR count). The minimum Gasteiger partial charge on any atom is -0.362 e. The highest BCUT2D eigenvalue weighted by Crippen LogP contribution is 2.22. The molecule has 1 atom stereocenters. The number of nitrogens with zero attached hydrogens (tertiary/aromatic N) is 3. The van der Waals surface area contributed by atoms with E-state index in [4.69, 9.17) is 5.26 Å². The van der Waals surface area contributed by atoms with E-state index in [2.05, 4.69) is 34.2 Å². The quantitative estimate of drug-likeness (QED) is 0.811. The lowest BCUT2D eigenvalue weighted by Gasteiger charge is -2.18. The van der Waals surface area contributed by atoms with Gasteiger partial charge < -0.3 is 5.32 Å². The van der Waals surface area contributed by atoms with Gasteiger partial charge in [-0.1, -0.05) is 36.4 Å². The van der Waals surface area contributed by atoms with Crippen molar-refractivity contribution in [3.05, 3.63) is 66.4 Å². The summed E-state index contributed by atoms with van der Waals surface area (Å²) in [5, 5.41) is 19.9. The second-order valence-corrected chi connectivity index (χ2v) is 4.39. The molecule has 1 heterocycles. The van der Waals surface area contributed by atoms with Crippen LogP contribution in [0.2, 0.25) is 0 Å². The zero-order valence-electron chi connectivity index (χ0n) is 11.2. The van der Waals surface area contributed by atoms with Gasteiger partial charge in [-0.15, -0.1) is 16.8 Å². The minimum absolute atomic E-state index is 0.149. The first-order valence-corrected chi connectivity index (χ1v) is 6.49. The first-order chi connectivity index (χ1) is 9.83. The van der Waals surface area contributed by atoms with E-state index in [0.29, 0.717) is 11.5 Å². The third-order valence-corrected chi connectivity index (χ3v) is 2.96. The summed E-state index contributed by atoms with van der Waals surface area (Å²) < 4.78 is 0. The van der Waals surface area contributed by atoms with E-state index in [1.165, 1.54) is 5.56 Å². The molecule has 0 radical (unpaired) electrons. The molecule has 1 N–H and O–H groups in total. The highest BCUT2D eigenvalue weighted by Gasteiger charge is 2.11. The Bertz CT molecular complexity index is 584. The Morgan fingerprint density at radius 3 is 2.60 bits per heavy atom. The fourth-order valence-corrected chi connectivity index (χ4v) is 1.94. The Morgan fingerprint density at radius 1 is 1.20 bits per heavy atom. The van der Waals surface area contributed by atoms with Gasteiger partial charge in [0.15, 0.2) is 5.69 Å². The van der Waals surface area contributed by atoms with Gasteiger partial charge in [0.1, 0.15) is 11.9 Å². The summed E-state index contributed by atoms with van der Waals surface area (Å²) in [4.78, 5) is 0. The van der Waals surface area contributed by atoms with Crippen LogP contribution >= 0.6 is 0 Å². The first-order valence-electron chi connectivity index (χ1n) is 6.49. The standard InChI is InChI=1S/C16H16N4/c1-2-3-9-15(13-7-5-4-6-8-13)18-16-11-10-14(12-17)19-20-16/h2,4-8,10-11,15H,1,3,9H2,(H,18,20). The molecular weight excluding hydrogens is 248 g/mol. The maximum atomic E-state index is 8.72. The van der Waals surface area contributed by atoms with Gasteiger partial charge in [0.05, 0.1) is 6.04 Å². The molecule has 0 aliphatic rings. The monoisotopic (exact) mass is 264 g/mol. The van der Waals surface area contributed by atoms with Crippen LogP contribution in [0.15, 0.2) is 55.1 Å². The van der Waals surface area contributed by atoms with Crippen molar-refractivity contribution in [2.75, 3.05) is 5.32 Å². The van der Waals surface area contributed by atoms with Crippen molar-refractivity contribution in [3.8, 4) is 6.07 Å². The molecule has 0 saturated heterocycles. The molecule has 4 nitrogen and oxygen atoms in total. The van der Waals surface area contributed by atoms with E-state index in [1.807, 2.05) is 30.3 Å². The van der Waals surface area contributed by atoms with Crippen LogP contribution in [0.3, 0.4) is 0 Å². The summed E-state index contributed by atoms with van der Waals surface area (Å²) in [6, 6.07) is 15.7. The van der Waals surface area contributed by atoms with E-state index < -0.39 is 0 Å². The maximum Gasteiger partial charge on any atom is 0.163 e. The largest absolute Gasteiger partial charge is 0.362 e. The third kappa shape index (κ3) is 3.66. The molecule has 20 heavy (non-hydrogen) atoms. The van der Waals surface area contributed by atoms with Crippen molar-refractivity contribution in [3.63, 3.8) is 0 Å². The Labute approximate surface area is 118 Å². The van der Waals surface area contributed by atoms with E-state index in [9.17, 15) is 0 Å². The molecule has 1 aromatic carbocycles. The number of nitriles is 1. The number of rotatable bonds is 6. The maximum absolute atomic E-state index is 8.72. The van der Waals surface area contributed by atoms with Gasteiger partial charge in [0, 0.05) is 0 Å². The van der Waals surface area contributed by atoms with Gasteiger partial charge in [-0.2, -0.15) is 5.26 Å². The molecule has 0 bridgehead atoms. The highest BCUT2D eigenvalue weighted by molar-refractivity contribution is 5.39. The lowest BCUT2D eigenvalue weighted by Crippen LogP contribution is -2.12. The number of hydrogen-bond donors (Lipinski definition) is 1. The molecule has 100 valence electrons. The smallest absolute Gasteiger partial charge is 0.163 e. The zero-order chi connectivity index (χ0) is 14.2. The van der Waals surface area contributed by atoms with Crippen LogP contribution < -0.4 is 5.32 Å². The van der Waals surface area contributed by atoms with E-state index in [1.54, 1.807) is 12.1 Å². The molecule has 1 unspecified atom stereocenters. The summed E-state index contributed by atoms with van der Waals surface area (Å²) >= 11 is 0. The van der Waals surface area contributed by atoms with Gasteiger partial charge in [0.25, 0.3) is 0 Å². The average Bonchev–Trinajstić information content (AvgIpc) is 2.53. The van der Waals surface area contributed by atoms with Gasteiger partial charge in [-0.3, -0.25) is 0 Å². The molecule has 4 heteroatoms. The molecule has 0 amide bonds. The summed E-state index contributed by atoms with van der Waals surface area (Å²) in [5.41, 5.74) is 1.51. The van der Waals surface area contributed by atoms with Crippen LogP contribution in [0.4, 0.5) is 5.82 Å². The van der Waals surface area contributed by atoms with Crippen LogP contribution in [-0.4, -0.2) is 10.2 Å². The SMILES string of the molecule is C=CCCC(Nc1ccc(C#N)nn1)c1ccccc1. The lowest BCUT2D eigenvalue weighted by atomic mass is 10.0. The predicted octanol–water partition coefficient (Wildman–Crippen LogP) is 3.47. The average molecular weight is 264 g/mol. The minimum atomic E-state index is 0.149. The van der Waals surface area contributed by atoms with E-state index in [-0.39, 0.29) is 6.04 Å². The Hall–Kier alpha value is -2.67. The van der Waals surface area contributed by atoms with Gasteiger partial charge in [0.2, 0.25) is 0 Å². The molecule has 0 saturated carbocycles. The van der Waals surface area contributed by atoms with Gasteiger partial charge in [-0.25, -0.2) is 0 Å². The Kier molecular flexibility index (Phi) is 4.85. The molecular formula is C16H16N4. The summed E-state index contributed by atoms with van der Waals surface area (Å²) in [7, 11) is 0. The Morgan fingerprint density at radius 2 is 2.00 bits per heavy atom. The molecule has 1 aromatic heterocycles. The molecule has 0 aliphatic carbocycles. The normalized spacial score (nSPS) is 11.3. The molecule has 0 aliphatic heterocycles. The number of anilines is 1. The van der Waals surface area contributed by atoms with Crippen molar-refractivity contribution >= 4 is 5.82 Å². The van der Waals surface area contributed by atoms with Crippen LogP contribution in [0.1, 0.15) is 30.1 Å². The first kappa shape index (κ1) is 13.8. The van der Waals surface area contributed by atoms with E-state index >= 15 is 0 Å². The lowest BCUT2D eigenvalue weighted by molar-refractivity contribution is 0.699. The zero-order valence-corrected chi connectivity index (χ0v) is 11.2. The number of benzene rings is 1. The second kappa shape index (κ2) is 7.05. The van der Waals surface area contributed by atoms with Crippen LogP contribution in [0, 0.1) is 11.3 Å². The van der Waals surface area contributed by atoms with Crippen molar-refractivity contribution in [1.29, 1.82) is 5.26 Å². The van der Waals surface area contributed by atoms with Gasteiger partial charge in [-0.05, 0) is 30.5 Å². The van der Waals surface area contributed by atoms with Crippen molar-refractivity contribution in [2.45, 2.75) is 18.9 Å². The number of nitrogens with one attached hydrogen (secondary N) is 1. The Balaban J connectivity index is 2.14. The van der Waals surface area contributed by atoms with Crippen LogP contribution in [0.25, 0.3) is 0 Å². The van der Waals surface area contributed by atoms with Crippen LogP contribution in [0.5, 0.6) is 0 Å². The number of allylic oxidation sites excluding steroid dienone is 1. The summed E-state index contributed by atoms with van der Waals surface area (Å²) in [5.74, 6) is 0.668. The number of hydrogen-bond acceptors (Lipinski definition) is 4. The number of aromatic nitrogens is 2. The van der Waals surface area contributed by atoms with Gasteiger partial charge >= 0.3 is 0 Å². The summed E-state index contributed by atoms with van der Waals surface area (Å²) in [6.07, 6.45) is 3.74. The predicted molar refractivity (Wildman–Crippen MR) is 79.0 cm³/mol. The van der Waals surface area contributed by atoms with Crippen molar-refractivity contribution in [1.82, 2.24) is 10.2 Å². The third-order valence-electron chi connectivity index (χ3n) is 2.96. The molecule has 2 aromatic rings. The van der Waals surface area contributed by atoms with E-state index in [0.717, 1.165) is 12.8 Å². The topological polar surface area (TPSA) is 61.6 Å². The highest BCUT2D eigenvalue weighted by atomic mass is 15.2. The van der Waals surface area contributed by atoms with Crippen molar-refractivity contribution < 1.29 is 0 Å².